The molecule has 27 heavy (non-hydrogen) atoms. The Morgan fingerprint density at radius 1 is 1.41 bits per heavy atom. The number of aliphatic hydroxyl groups is 1. The normalized spacial score (nSPS) is 17.9. The molecule has 0 unspecified atom stereocenters. The van der Waals surface area contributed by atoms with Crippen molar-refractivity contribution in [3.8, 4) is 5.88 Å². The van der Waals surface area contributed by atoms with Crippen molar-refractivity contribution in [2.24, 2.45) is 11.7 Å². The van der Waals surface area contributed by atoms with Crippen molar-refractivity contribution in [1.82, 2.24) is 10.3 Å². The number of nitrogens with zero attached hydrogens (tertiary/aromatic N) is 2. The van der Waals surface area contributed by atoms with E-state index in [0.717, 1.165) is 6.42 Å². The third-order valence-corrected chi connectivity index (χ3v) is 4.85. The molecule has 0 bridgehead atoms. The first-order chi connectivity index (χ1) is 13.0. The standard InChI is InChI=1S/C19H28N4O4/c1-2-3-13(8-16(20)25)21-19(26)18-15(23-9-14(24)10-23)6-7-17(22-18)27-11-12-4-5-12/h6-7,12-14,24H,2-5,8-11H2,1H3,(H2,20,25)(H,21,26)/t13-/m0/s1. The summed E-state index contributed by atoms with van der Waals surface area (Å²) >= 11 is 0. The molecule has 1 aliphatic heterocycles. The van der Waals surface area contributed by atoms with E-state index in [-0.39, 0.29) is 24.1 Å². The van der Waals surface area contributed by atoms with Gasteiger partial charge in [-0.1, -0.05) is 13.3 Å². The zero-order valence-electron chi connectivity index (χ0n) is 15.7. The summed E-state index contributed by atoms with van der Waals surface area (Å²) in [5, 5.41) is 12.5. The monoisotopic (exact) mass is 376 g/mol. The Hall–Kier alpha value is -2.35. The summed E-state index contributed by atoms with van der Waals surface area (Å²) in [5.74, 6) is 0.190. The van der Waals surface area contributed by atoms with E-state index in [1.165, 1.54) is 12.8 Å². The number of hydrogen-bond donors (Lipinski definition) is 3. The van der Waals surface area contributed by atoms with Crippen LogP contribution in [-0.4, -0.2) is 53.7 Å². The molecule has 2 aliphatic rings. The predicted molar refractivity (Wildman–Crippen MR) is 101 cm³/mol. The van der Waals surface area contributed by atoms with E-state index in [2.05, 4.69) is 10.3 Å². The number of primary amides is 1. The largest absolute Gasteiger partial charge is 0.477 e. The van der Waals surface area contributed by atoms with Crippen LogP contribution in [0.3, 0.4) is 0 Å². The van der Waals surface area contributed by atoms with Crippen molar-refractivity contribution in [1.29, 1.82) is 0 Å². The topological polar surface area (TPSA) is 118 Å². The quantitative estimate of drug-likeness (QED) is 0.557. The van der Waals surface area contributed by atoms with Crippen molar-refractivity contribution < 1.29 is 19.4 Å². The Morgan fingerprint density at radius 2 is 2.15 bits per heavy atom. The lowest BCUT2D eigenvalue weighted by Crippen LogP contribution is -2.51. The van der Waals surface area contributed by atoms with Gasteiger partial charge in [0, 0.05) is 31.6 Å². The highest BCUT2D eigenvalue weighted by atomic mass is 16.5. The molecule has 1 saturated carbocycles. The van der Waals surface area contributed by atoms with Crippen LogP contribution >= 0.6 is 0 Å². The van der Waals surface area contributed by atoms with Gasteiger partial charge in [-0.25, -0.2) is 4.98 Å². The Kier molecular flexibility index (Phi) is 6.15. The van der Waals surface area contributed by atoms with Crippen LogP contribution in [0.15, 0.2) is 12.1 Å². The molecule has 0 radical (unpaired) electrons. The van der Waals surface area contributed by atoms with Gasteiger partial charge in [-0.3, -0.25) is 9.59 Å². The number of carbonyl (C=O) groups is 2. The van der Waals surface area contributed by atoms with Crippen molar-refractivity contribution in [2.45, 2.75) is 51.2 Å². The SMILES string of the molecule is CCC[C@@H](CC(N)=O)NC(=O)c1nc(OCC2CC2)ccc1N1CC(O)C1. The van der Waals surface area contributed by atoms with E-state index in [1.54, 1.807) is 12.1 Å². The van der Waals surface area contributed by atoms with E-state index in [1.807, 2.05) is 11.8 Å². The molecule has 2 fully saturated rings. The molecule has 1 aromatic heterocycles. The molecule has 1 saturated heterocycles. The van der Waals surface area contributed by atoms with Crippen LogP contribution in [0.25, 0.3) is 0 Å². The third-order valence-electron chi connectivity index (χ3n) is 4.85. The molecule has 0 spiro atoms. The minimum absolute atomic E-state index is 0.0925. The molecule has 148 valence electrons. The number of nitrogens with two attached hydrogens (primary N) is 1. The number of hydrogen-bond acceptors (Lipinski definition) is 6. The van der Waals surface area contributed by atoms with Crippen LogP contribution in [0.5, 0.6) is 5.88 Å². The molecule has 1 aliphatic carbocycles. The second-order valence-corrected chi connectivity index (χ2v) is 7.46. The summed E-state index contributed by atoms with van der Waals surface area (Å²) in [6.07, 6.45) is 3.52. The predicted octanol–water partition coefficient (Wildman–Crippen LogP) is 0.825. The molecule has 0 aromatic carbocycles. The van der Waals surface area contributed by atoms with Crippen LogP contribution in [0.1, 0.15) is 49.5 Å². The van der Waals surface area contributed by atoms with Crippen molar-refractivity contribution in [3.63, 3.8) is 0 Å². The zero-order chi connectivity index (χ0) is 19.4. The molecule has 8 heteroatoms. The Bertz CT molecular complexity index is 686. The number of β-amino-alcohol motifs (C(OH)–C–C–N with tert-alkyl or cyclic N) is 1. The van der Waals surface area contributed by atoms with Crippen LogP contribution in [0, 0.1) is 5.92 Å². The molecule has 2 heterocycles. The lowest BCUT2D eigenvalue weighted by Gasteiger charge is -2.38. The van der Waals surface area contributed by atoms with Crippen molar-refractivity contribution in [3.05, 3.63) is 17.8 Å². The fourth-order valence-electron chi connectivity index (χ4n) is 3.15. The summed E-state index contributed by atoms with van der Waals surface area (Å²) in [6.45, 7) is 3.52. The van der Waals surface area contributed by atoms with Crippen molar-refractivity contribution >= 4 is 17.5 Å². The molecular formula is C19H28N4O4. The molecule has 1 atom stereocenters. The first-order valence-electron chi connectivity index (χ1n) is 9.62. The summed E-state index contributed by atoms with van der Waals surface area (Å²) in [5.41, 5.74) is 6.21. The number of carbonyl (C=O) groups excluding carboxylic acids is 2. The highest BCUT2D eigenvalue weighted by Crippen LogP contribution is 2.31. The van der Waals surface area contributed by atoms with Gasteiger partial charge in [0.05, 0.1) is 18.4 Å². The number of nitrogens with one attached hydrogen (secondary N) is 1. The minimum atomic E-state index is -0.450. The molecule has 2 amide bonds. The summed E-state index contributed by atoms with van der Waals surface area (Å²) in [4.78, 5) is 30.5. The number of amides is 2. The van der Waals surface area contributed by atoms with Crippen LogP contribution in [-0.2, 0) is 4.79 Å². The highest BCUT2D eigenvalue weighted by Gasteiger charge is 2.30. The minimum Gasteiger partial charge on any atom is -0.477 e. The Morgan fingerprint density at radius 3 is 2.74 bits per heavy atom. The Balaban J connectivity index is 1.76. The third kappa shape index (κ3) is 5.32. The summed E-state index contributed by atoms with van der Waals surface area (Å²) in [6, 6.07) is 3.23. The number of aromatic nitrogens is 1. The van der Waals surface area contributed by atoms with E-state index in [4.69, 9.17) is 10.5 Å². The molecule has 8 nitrogen and oxygen atoms in total. The van der Waals surface area contributed by atoms with Gasteiger partial charge in [0.1, 0.15) is 0 Å². The van der Waals surface area contributed by atoms with Gasteiger partial charge < -0.3 is 25.8 Å². The maximum atomic E-state index is 12.9. The number of pyridine rings is 1. The van der Waals surface area contributed by atoms with Crippen LogP contribution < -0.4 is 20.7 Å². The number of rotatable bonds is 10. The van der Waals surface area contributed by atoms with E-state index in [0.29, 0.717) is 43.6 Å². The van der Waals surface area contributed by atoms with Gasteiger partial charge in [0.15, 0.2) is 5.69 Å². The van der Waals surface area contributed by atoms with Crippen molar-refractivity contribution in [2.75, 3.05) is 24.6 Å². The van der Waals surface area contributed by atoms with Gasteiger partial charge in [0.25, 0.3) is 5.91 Å². The van der Waals surface area contributed by atoms with Gasteiger partial charge in [-0.15, -0.1) is 0 Å². The maximum Gasteiger partial charge on any atom is 0.272 e. The van der Waals surface area contributed by atoms with Gasteiger partial charge in [-0.05, 0) is 31.2 Å². The fraction of sp³-hybridized carbons (Fsp3) is 0.632. The average Bonchev–Trinajstić information content (AvgIpc) is 3.41. The lowest BCUT2D eigenvalue weighted by atomic mass is 10.1. The van der Waals surface area contributed by atoms with E-state index >= 15 is 0 Å². The molecule has 1 aromatic rings. The second kappa shape index (κ2) is 8.56. The van der Waals surface area contributed by atoms with Gasteiger partial charge in [-0.2, -0.15) is 0 Å². The second-order valence-electron chi connectivity index (χ2n) is 7.46. The highest BCUT2D eigenvalue weighted by molar-refractivity contribution is 5.98. The average molecular weight is 376 g/mol. The van der Waals surface area contributed by atoms with E-state index < -0.39 is 12.0 Å². The van der Waals surface area contributed by atoms with Crippen LogP contribution in [0.4, 0.5) is 5.69 Å². The smallest absolute Gasteiger partial charge is 0.272 e. The van der Waals surface area contributed by atoms with E-state index in [9.17, 15) is 14.7 Å². The molecular weight excluding hydrogens is 348 g/mol. The number of anilines is 1. The van der Waals surface area contributed by atoms with Crippen LogP contribution in [0.2, 0.25) is 0 Å². The summed E-state index contributed by atoms with van der Waals surface area (Å²) < 4.78 is 5.71. The number of aliphatic hydroxyl groups excluding tert-OH is 1. The number of ether oxygens (including phenoxy) is 1. The molecule has 4 N–H and O–H groups in total. The Labute approximate surface area is 159 Å². The molecule has 3 rings (SSSR count). The first kappa shape index (κ1) is 19.4. The zero-order valence-corrected chi connectivity index (χ0v) is 15.7. The lowest BCUT2D eigenvalue weighted by molar-refractivity contribution is -0.118. The fourth-order valence-corrected chi connectivity index (χ4v) is 3.15. The maximum absolute atomic E-state index is 12.9. The first-order valence-corrected chi connectivity index (χ1v) is 9.62. The van der Waals surface area contributed by atoms with Gasteiger partial charge >= 0.3 is 0 Å². The van der Waals surface area contributed by atoms with Gasteiger partial charge in [0.2, 0.25) is 11.8 Å². The summed E-state index contributed by atoms with van der Waals surface area (Å²) in [7, 11) is 0.